The molecule has 2 aromatic heterocycles. The van der Waals surface area contributed by atoms with Crippen molar-refractivity contribution >= 4 is 11.6 Å². The number of hydrogen-bond acceptors (Lipinski definition) is 6. The molecule has 8 heteroatoms. The Morgan fingerprint density at radius 1 is 1.30 bits per heavy atom. The quantitative estimate of drug-likeness (QED) is 0.608. The van der Waals surface area contributed by atoms with Crippen LogP contribution in [0.1, 0.15) is 18.6 Å². The fourth-order valence-corrected chi connectivity index (χ4v) is 4.78. The molecule has 156 valence electrons. The Bertz CT molecular complexity index is 1010. The molecule has 0 aliphatic carbocycles. The Kier molecular flexibility index (Phi) is 5.00. The smallest absolute Gasteiger partial charge is 0.225 e. The summed E-state index contributed by atoms with van der Waals surface area (Å²) in [4.78, 5) is 15.1. The maximum atomic E-state index is 12.7. The molecule has 4 atom stereocenters. The SMILES string of the molecule is Nc1cccc(-c2cn(C[C@H]3C[C@@H]4CCN3C[C@@H]4C(=O)NCc3ccco3)nn2)c1. The lowest BCUT2D eigenvalue weighted by atomic mass is 9.75. The molecule has 3 saturated heterocycles. The van der Waals surface area contributed by atoms with Crippen LogP contribution in [0.4, 0.5) is 5.69 Å². The Labute approximate surface area is 175 Å². The highest BCUT2D eigenvalue weighted by Crippen LogP contribution is 2.37. The number of nitrogen functional groups attached to an aromatic ring is 1. The van der Waals surface area contributed by atoms with E-state index in [1.165, 1.54) is 0 Å². The van der Waals surface area contributed by atoms with Crippen molar-refractivity contribution in [3.8, 4) is 11.3 Å². The molecular weight excluding hydrogens is 380 g/mol. The van der Waals surface area contributed by atoms with Gasteiger partial charge in [-0.2, -0.15) is 0 Å². The molecule has 8 nitrogen and oxygen atoms in total. The van der Waals surface area contributed by atoms with Crippen LogP contribution < -0.4 is 11.1 Å². The minimum atomic E-state index is 0.0450. The van der Waals surface area contributed by atoms with Crippen LogP contribution in [0.3, 0.4) is 0 Å². The van der Waals surface area contributed by atoms with Crippen LogP contribution in [0.25, 0.3) is 11.3 Å². The second kappa shape index (κ2) is 7.95. The predicted molar refractivity (Wildman–Crippen MR) is 112 cm³/mol. The Hall–Kier alpha value is -3.13. The van der Waals surface area contributed by atoms with E-state index in [9.17, 15) is 4.79 Å². The topological polar surface area (TPSA) is 102 Å². The van der Waals surface area contributed by atoms with Gasteiger partial charge in [-0.15, -0.1) is 5.10 Å². The molecule has 3 fully saturated rings. The molecule has 1 unspecified atom stereocenters. The molecule has 3 aromatic rings. The van der Waals surface area contributed by atoms with Gasteiger partial charge in [0.15, 0.2) is 0 Å². The molecule has 3 aliphatic rings. The number of fused-ring (bicyclic) bond motifs is 3. The third-order valence-corrected chi connectivity index (χ3v) is 6.35. The summed E-state index contributed by atoms with van der Waals surface area (Å²) in [6.07, 6.45) is 5.68. The van der Waals surface area contributed by atoms with Crippen molar-refractivity contribution in [3.63, 3.8) is 0 Å². The van der Waals surface area contributed by atoms with Crippen molar-refractivity contribution in [1.29, 1.82) is 0 Å². The van der Waals surface area contributed by atoms with Gasteiger partial charge in [0.2, 0.25) is 5.91 Å². The number of carbonyl (C=O) groups excluding carboxylic acids is 1. The van der Waals surface area contributed by atoms with E-state index in [2.05, 4.69) is 20.5 Å². The van der Waals surface area contributed by atoms with Crippen molar-refractivity contribution < 1.29 is 9.21 Å². The number of nitrogens with one attached hydrogen (secondary N) is 1. The van der Waals surface area contributed by atoms with Gasteiger partial charge in [-0.3, -0.25) is 14.4 Å². The fraction of sp³-hybridized carbons (Fsp3) is 0.409. The van der Waals surface area contributed by atoms with E-state index in [1.807, 2.05) is 47.3 Å². The molecule has 0 radical (unpaired) electrons. The number of hydrogen-bond donors (Lipinski definition) is 2. The van der Waals surface area contributed by atoms with Crippen molar-refractivity contribution in [1.82, 2.24) is 25.2 Å². The zero-order valence-corrected chi connectivity index (χ0v) is 16.8. The maximum absolute atomic E-state index is 12.7. The second-order valence-electron chi connectivity index (χ2n) is 8.29. The molecule has 0 spiro atoms. The van der Waals surface area contributed by atoms with E-state index >= 15 is 0 Å². The van der Waals surface area contributed by atoms with Crippen LogP contribution in [0.5, 0.6) is 0 Å². The second-order valence-corrected chi connectivity index (χ2v) is 8.29. The average Bonchev–Trinajstić information content (AvgIpc) is 3.45. The highest BCUT2D eigenvalue weighted by atomic mass is 16.3. The van der Waals surface area contributed by atoms with Crippen LogP contribution in [0, 0.1) is 11.8 Å². The molecule has 6 rings (SSSR count). The number of amides is 1. The first-order valence-electron chi connectivity index (χ1n) is 10.5. The largest absolute Gasteiger partial charge is 0.467 e. The van der Waals surface area contributed by atoms with Crippen molar-refractivity contribution in [2.45, 2.75) is 32.0 Å². The lowest BCUT2D eigenvalue weighted by Crippen LogP contribution is -2.57. The highest BCUT2D eigenvalue weighted by molar-refractivity contribution is 5.79. The zero-order chi connectivity index (χ0) is 20.5. The van der Waals surface area contributed by atoms with Gasteiger partial charge < -0.3 is 15.5 Å². The van der Waals surface area contributed by atoms with E-state index in [1.54, 1.807) is 6.26 Å². The summed E-state index contributed by atoms with van der Waals surface area (Å²) in [5.74, 6) is 1.37. The normalized spacial score (nSPS) is 25.3. The first kappa shape index (κ1) is 18.9. The molecule has 3 aliphatic heterocycles. The predicted octanol–water partition coefficient (Wildman–Crippen LogP) is 2.15. The monoisotopic (exact) mass is 406 g/mol. The van der Waals surface area contributed by atoms with Gasteiger partial charge >= 0.3 is 0 Å². The van der Waals surface area contributed by atoms with Gasteiger partial charge in [0.1, 0.15) is 11.5 Å². The average molecular weight is 406 g/mol. The number of benzene rings is 1. The third kappa shape index (κ3) is 3.82. The summed E-state index contributed by atoms with van der Waals surface area (Å²) < 4.78 is 7.22. The van der Waals surface area contributed by atoms with Crippen LogP contribution in [0.2, 0.25) is 0 Å². The van der Waals surface area contributed by atoms with Crippen molar-refractivity contribution in [2.75, 3.05) is 18.8 Å². The number of furan rings is 1. The molecule has 0 saturated carbocycles. The molecule has 1 amide bonds. The first-order valence-corrected chi connectivity index (χ1v) is 10.5. The fourth-order valence-electron chi connectivity index (χ4n) is 4.78. The van der Waals surface area contributed by atoms with Gasteiger partial charge in [-0.05, 0) is 49.6 Å². The number of piperidine rings is 3. The van der Waals surface area contributed by atoms with E-state index in [0.29, 0.717) is 24.2 Å². The minimum Gasteiger partial charge on any atom is -0.467 e. The zero-order valence-electron chi connectivity index (χ0n) is 16.8. The molecule has 1 aromatic carbocycles. The lowest BCUT2D eigenvalue weighted by Gasteiger charge is -2.49. The van der Waals surface area contributed by atoms with Crippen LogP contribution >= 0.6 is 0 Å². The number of anilines is 1. The van der Waals surface area contributed by atoms with Gasteiger partial charge in [0.25, 0.3) is 0 Å². The van der Waals surface area contributed by atoms with Crippen LogP contribution in [0.15, 0.2) is 53.3 Å². The molecule has 3 N–H and O–H groups in total. The van der Waals surface area contributed by atoms with E-state index < -0.39 is 0 Å². The highest BCUT2D eigenvalue weighted by Gasteiger charge is 2.43. The Balaban J connectivity index is 1.20. The van der Waals surface area contributed by atoms with E-state index in [4.69, 9.17) is 10.2 Å². The third-order valence-electron chi connectivity index (χ3n) is 6.35. The number of carbonyl (C=O) groups is 1. The van der Waals surface area contributed by atoms with Crippen LogP contribution in [-0.2, 0) is 17.9 Å². The number of nitrogens with zero attached hydrogens (tertiary/aromatic N) is 4. The van der Waals surface area contributed by atoms with Crippen LogP contribution in [-0.4, -0.2) is 44.9 Å². The molecule has 5 heterocycles. The summed E-state index contributed by atoms with van der Waals surface area (Å²) in [6, 6.07) is 11.8. The number of aromatic nitrogens is 3. The summed E-state index contributed by atoms with van der Waals surface area (Å²) in [7, 11) is 0. The van der Waals surface area contributed by atoms with Gasteiger partial charge in [0, 0.05) is 23.8 Å². The van der Waals surface area contributed by atoms with E-state index in [0.717, 1.165) is 49.5 Å². The molecule has 2 bridgehead atoms. The van der Waals surface area contributed by atoms with E-state index in [-0.39, 0.29) is 11.8 Å². The standard InChI is InChI=1S/C22H26N6O2/c23-17-4-1-3-16(9-17)21-14-28(26-25-21)12-18-10-15-6-7-27(18)13-20(15)22(29)24-11-19-5-2-8-30-19/h1-5,8-9,14-15,18,20H,6-7,10-13,23H2,(H,24,29)/t15-,18+,20-/m0/s1. The maximum Gasteiger partial charge on any atom is 0.225 e. The molecule has 30 heavy (non-hydrogen) atoms. The molecular formula is C22H26N6O2. The summed E-state index contributed by atoms with van der Waals surface area (Å²) in [6.45, 7) is 3.07. The minimum absolute atomic E-state index is 0.0450. The first-order chi connectivity index (χ1) is 14.7. The van der Waals surface area contributed by atoms with Crippen molar-refractivity contribution in [2.24, 2.45) is 11.8 Å². The van der Waals surface area contributed by atoms with Gasteiger partial charge in [0.05, 0.1) is 31.5 Å². The summed E-state index contributed by atoms with van der Waals surface area (Å²) in [5.41, 5.74) is 8.40. The Morgan fingerprint density at radius 3 is 3.00 bits per heavy atom. The number of nitrogens with two attached hydrogens (primary N) is 1. The van der Waals surface area contributed by atoms with Gasteiger partial charge in [-0.1, -0.05) is 17.3 Å². The Morgan fingerprint density at radius 2 is 2.23 bits per heavy atom. The summed E-state index contributed by atoms with van der Waals surface area (Å²) >= 11 is 0. The van der Waals surface area contributed by atoms with Crippen molar-refractivity contribution in [3.05, 3.63) is 54.6 Å². The lowest BCUT2D eigenvalue weighted by molar-refractivity contribution is -0.133. The summed E-state index contributed by atoms with van der Waals surface area (Å²) in [5, 5.41) is 11.7. The number of rotatable bonds is 6. The van der Waals surface area contributed by atoms with Gasteiger partial charge in [-0.25, -0.2) is 0 Å².